The number of rotatable bonds is 5. The van der Waals surface area contributed by atoms with Crippen molar-refractivity contribution in [3.05, 3.63) is 58.4 Å². The summed E-state index contributed by atoms with van der Waals surface area (Å²) in [4.78, 5) is 22.2. The van der Waals surface area contributed by atoms with Gasteiger partial charge in [-0.1, -0.05) is 37.3 Å². The molecule has 0 N–H and O–H groups in total. The van der Waals surface area contributed by atoms with Crippen LogP contribution in [0.25, 0.3) is 15.3 Å². The Kier molecular flexibility index (Phi) is 4.08. The first kappa shape index (κ1) is 15.4. The van der Waals surface area contributed by atoms with Crippen LogP contribution in [-0.2, 0) is 6.54 Å². The van der Waals surface area contributed by atoms with E-state index in [1.165, 1.54) is 11.3 Å². The summed E-state index contributed by atoms with van der Waals surface area (Å²) in [7, 11) is 0. The number of carbonyl (C=O) groups is 1. The van der Waals surface area contributed by atoms with Gasteiger partial charge in [-0.25, -0.2) is 4.98 Å². The number of fused-ring (bicyclic) bond motifs is 3. The van der Waals surface area contributed by atoms with E-state index < -0.39 is 0 Å². The van der Waals surface area contributed by atoms with Crippen LogP contribution in [0.1, 0.15) is 28.6 Å². The second kappa shape index (κ2) is 6.37. The van der Waals surface area contributed by atoms with Crippen molar-refractivity contribution in [2.45, 2.75) is 19.9 Å². The number of carbonyl (C=O) groups excluding carboxylic acids is 1. The molecule has 1 aromatic carbocycles. The molecule has 0 saturated heterocycles. The van der Waals surface area contributed by atoms with Crippen molar-refractivity contribution >= 4 is 43.9 Å². The quantitative estimate of drug-likeness (QED) is 0.522. The largest absolute Gasteiger partial charge is 0.334 e. The maximum atomic E-state index is 13.0. The van der Waals surface area contributed by atoms with Gasteiger partial charge in [0.1, 0.15) is 4.83 Å². The van der Waals surface area contributed by atoms with Crippen LogP contribution in [0, 0.1) is 0 Å². The number of thiophene rings is 1. The van der Waals surface area contributed by atoms with Gasteiger partial charge < -0.3 is 4.90 Å². The Bertz CT molecular complexity index is 984. The second-order valence-corrected chi connectivity index (χ2v) is 7.58. The highest BCUT2D eigenvalue weighted by atomic mass is 32.1. The molecule has 1 amide bonds. The lowest BCUT2D eigenvalue weighted by Crippen LogP contribution is -2.30. The molecule has 24 heavy (non-hydrogen) atoms. The normalized spacial score (nSPS) is 11.4. The van der Waals surface area contributed by atoms with Crippen LogP contribution in [0.2, 0.25) is 0 Å². The number of hydrogen-bond donors (Lipinski definition) is 0. The molecule has 0 atom stereocenters. The van der Waals surface area contributed by atoms with Gasteiger partial charge in [0.2, 0.25) is 0 Å². The number of amides is 1. The molecule has 3 aromatic heterocycles. The summed E-state index contributed by atoms with van der Waals surface area (Å²) in [6, 6.07) is 12.1. The molecular weight excluding hydrogens is 338 g/mol. The van der Waals surface area contributed by atoms with Gasteiger partial charge in [0.15, 0.2) is 4.96 Å². The van der Waals surface area contributed by atoms with Gasteiger partial charge >= 0.3 is 0 Å². The minimum atomic E-state index is 0.0904. The summed E-state index contributed by atoms with van der Waals surface area (Å²) in [5.74, 6) is 0.0904. The van der Waals surface area contributed by atoms with E-state index in [4.69, 9.17) is 0 Å². The smallest absolute Gasteiger partial charge is 0.264 e. The van der Waals surface area contributed by atoms with Crippen molar-refractivity contribution in [3.63, 3.8) is 0 Å². The van der Waals surface area contributed by atoms with Crippen molar-refractivity contribution in [1.29, 1.82) is 0 Å². The number of aromatic nitrogens is 2. The van der Waals surface area contributed by atoms with Crippen LogP contribution in [0.15, 0.2) is 48.0 Å². The molecule has 0 unspecified atom stereocenters. The van der Waals surface area contributed by atoms with E-state index in [2.05, 4.69) is 28.4 Å². The fourth-order valence-electron chi connectivity index (χ4n) is 2.83. The van der Waals surface area contributed by atoms with Crippen molar-refractivity contribution in [2.75, 3.05) is 6.54 Å². The van der Waals surface area contributed by atoms with Crippen molar-refractivity contribution in [3.8, 4) is 0 Å². The van der Waals surface area contributed by atoms with Gasteiger partial charge in [0.25, 0.3) is 5.91 Å². The zero-order valence-corrected chi connectivity index (χ0v) is 14.9. The molecule has 0 aliphatic rings. The lowest BCUT2D eigenvalue weighted by Gasteiger charge is -2.21. The summed E-state index contributed by atoms with van der Waals surface area (Å²) in [5.41, 5.74) is 2.18. The SMILES string of the molecule is CCCN(Cc1ccccc1)C(=O)c1cc2c(nc3sccn32)s1. The summed E-state index contributed by atoms with van der Waals surface area (Å²) in [6.07, 6.45) is 2.95. The van der Waals surface area contributed by atoms with Crippen LogP contribution >= 0.6 is 22.7 Å². The van der Waals surface area contributed by atoms with Crippen molar-refractivity contribution in [1.82, 2.24) is 14.3 Å². The van der Waals surface area contributed by atoms with E-state index in [9.17, 15) is 4.79 Å². The molecule has 0 fully saturated rings. The fraction of sp³-hybridized carbons (Fsp3) is 0.222. The highest BCUT2D eigenvalue weighted by Crippen LogP contribution is 2.29. The van der Waals surface area contributed by atoms with Crippen LogP contribution in [0.3, 0.4) is 0 Å². The fourth-order valence-corrected chi connectivity index (χ4v) is 4.60. The molecule has 6 heteroatoms. The van der Waals surface area contributed by atoms with E-state index >= 15 is 0 Å². The van der Waals surface area contributed by atoms with Crippen LogP contribution in [0.4, 0.5) is 0 Å². The zero-order chi connectivity index (χ0) is 16.5. The Morgan fingerprint density at radius 1 is 1.29 bits per heavy atom. The average Bonchev–Trinajstić information content (AvgIpc) is 3.26. The third-order valence-corrected chi connectivity index (χ3v) is 5.71. The Morgan fingerprint density at radius 2 is 2.12 bits per heavy atom. The summed E-state index contributed by atoms with van der Waals surface area (Å²) < 4.78 is 2.05. The van der Waals surface area contributed by atoms with Gasteiger partial charge in [0.05, 0.1) is 10.4 Å². The third-order valence-electron chi connectivity index (χ3n) is 3.95. The minimum absolute atomic E-state index is 0.0904. The molecule has 0 aliphatic carbocycles. The summed E-state index contributed by atoms with van der Waals surface area (Å²) >= 11 is 3.10. The molecule has 0 bridgehead atoms. The standard InChI is InChI=1S/C18H17N3OS2/c1-2-8-20(12-13-6-4-3-5-7-13)17(22)15-11-14-16(24-15)19-18-21(14)9-10-23-18/h3-7,9-11H,2,8,12H2,1H3. The van der Waals surface area contributed by atoms with Crippen LogP contribution < -0.4 is 0 Å². The first-order valence-electron chi connectivity index (χ1n) is 7.94. The monoisotopic (exact) mass is 355 g/mol. The number of nitrogens with zero attached hydrogens (tertiary/aromatic N) is 3. The zero-order valence-electron chi connectivity index (χ0n) is 13.3. The Labute approximate surface area is 148 Å². The van der Waals surface area contributed by atoms with E-state index in [1.54, 1.807) is 11.3 Å². The highest BCUT2D eigenvalue weighted by molar-refractivity contribution is 7.21. The maximum absolute atomic E-state index is 13.0. The number of hydrogen-bond acceptors (Lipinski definition) is 4. The topological polar surface area (TPSA) is 37.6 Å². The van der Waals surface area contributed by atoms with Crippen molar-refractivity contribution < 1.29 is 4.79 Å². The van der Waals surface area contributed by atoms with E-state index in [0.717, 1.165) is 38.7 Å². The van der Waals surface area contributed by atoms with Gasteiger partial charge in [0, 0.05) is 24.7 Å². The third kappa shape index (κ3) is 2.72. The molecular formula is C18H17N3OS2. The van der Waals surface area contributed by atoms with E-state index in [0.29, 0.717) is 6.54 Å². The first-order valence-corrected chi connectivity index (χ1v) is 9.64. The van der Waals surface area contributed by atoms with Gasteiger partial charge in [-0.3, -0.25) is 9.20 Å². The Hall–Kier alpha value is -2.18. The van der Waals surface area contributed by atoms with E-state index in [1.807, 2.05) is 40.7 Å². The lowest BCUT2D eigenvalue weighted by molar-refractivity contribution is 0.0748. The molecule has 4 rings (SSSR count). The highest BCUT2D eigenvalue weighted by Gasteiger charge is 2.20. The minimum Gasteiger partial charge on any atom is -0.334 e. The molecule has 4 nitrogen and oxygen atoms in total. The van der Waals surface area contributed by atoms with Gasteiger partial charge in [-0.05, 0) is 18.1 Å². The van der Waals surface area contributed by atoms with Gasteiger partial charge in [-0.15, -0.1) is 22.7 Å². The lowest BCUT2D eigenvalue weighted by atomic mass is 10.2. The Morgan fingerprint density at radius 3 is 2.92 bits per heavy atom. The first-order chi connectivity index (χ1) is 11.8. The molecule has 3 heterocycles. The Balaban J connectivity index is 1.64. The van der Waals surface area contributed by atoms with Crippen LogP contribution in [-0.4, -0.2) is 26.7 Å². The van der Waals surface area contributed by atoms with Crippen LogP contribution in [0.5, 0.6) is 0 Å². The molecule has 0 aliphatic heterocycles. The number of thiazole rings is 1. The van der Waals surface area contributed by atoms with E-state index in [-0.39, 0.29) is 5.91 Å². The predicted octanol–water partition coefficient (Wildman–Crippen LogP) is 4.66. The predicted molar refractivity (Wildman–Crippen MR) is 99.9 cm³/mol. The number of benzene rings is 1. The average molecular weight is 355 g/mol. The molecule has 0 spiro atoms. The second-order valence-electron chi connectivity index (χ2n) is 5.68. The van der Waals surface area contributed by atoms with Crippen molar-refractivity contribution in [2.24, 2.45) is 0 Å². The molecule has 4 aromatic rings. The number of imidazole rings is 1. The molecule has 0 saturated carbocycles. The molecule has 122 valence electrons. The maximum Gasteiger partial charge on any atom is 0.264 e. The van der Waals surface area contributed by atoms with Gasteiger partial charge in [-0.2, -0.15) is 0 Å². The molecule has 0 radical (unpaired) electrons. The summed E-state index contributed by atoms with van der Waals surface area (Å²) in [6.45, 7) is 3.50. The summed E-state index contributed by atoms with van der Waals surface area (Å²) in [5, 5.41) is 2.01.